The zero-order chi connectivity index (χ0) is 15.8. The van der Waals surface area contributed by atoms with Crippen LogP contribution >= 0.6 is 0 Å². The average Bonchev–Trinajstić information content (AvgIpc) is 3.20. The number of hydrogen-bond donors (Lipinski definition) is 3. The number of fused-ring (bicyclic) bond motifs is 1. The van der Waals surface area contributed by atoms with Gasteiger partial charge in [0.15, 0.2) is 0 Å². The molecule has 0 radical (unpaired) electrons. The largest absolute Gasteiger partial charge is 0.366 e. The minimum absolute atomic E-state index is 0.0826. The number of nitrogens with two attached hydrogens (primary N) is 1. The molecule has 8 nitrogen and oxygen atoms in total. The van der Waals surface area contributed by atoms with Gasteiger partial charge in [0, 0.05) is 19.0 Å². The second-order valence-corrected chi connectivity index (χ2v) is 5.77. The van der Waals surface area contributed by atoms with Crippen LogP contribution in [0.25, 0.3) is 11.0 Å². The van der Waals surface area contributed by atoms with E-state index in [0.717, 1.165) is 29.7 Å². The summed E-state index contributed by atoms with van der Waals surface area (Å²) in [5.74, 6) is 1.23. The van der Waals surface area contributed by atoms with Crippen molar-refractivity contribution in [2.75, 3.05) is 18.8 Å². The molecule has 8 heteroatoms. The van der Waals surface area contributed by atoms with Crippen molar-refractivity contribution >= 4 is 22.9 Å². The number of carbonyl (C=O) groups excluding carboxylic acids is 1. The number of carbonyl (C=O) groups is 1. The number of nitrogen functional groups attached to an aromatic ring is 1. The number of piperidine rings is 1. The van der Waals surface area contributed by atoms with Crippen LogP contribution in [0.15, 0.2) is 24.3 Å². The van der Waals surface area contributed by atoms with Crippen LogP contribution in [0.2, 0.25) is 0 Å². The molecule has 23 heavy (non-hydrogen) atoms. The van der Waals surface area contributed by atoms with E-state index in [-0.39, 0.29) is 23.6 Å². The number of rotatable bonds is 2. The molecule has 1 atom stereocenters. The number of aromatic amines is 2. The molecule has 0 aliphatic carbocycles. The van der Waals surface area contributed by atoms with E-state index in [1.807, 2.05) is 24.3 Å². The Morgan fingerprint density at radius 3 is 2.96 bits per heavy atom. The van der Waals surface area contributed by atoms with Gasteiger partial charge in [-0.3, -0.25) is 9.89 Å². The van der Waals surface area contributed by atoms with E-state index in [2.05, 4.69) is 25.1 Å². The molecule has 1 saturated heterocycles. The lowest BCUT2D eigenvalue weighted by Crippen LogP contribution is -2.39. The standard InChI is InChI=1S/C15H17N7O/c16-15-19-13(20-21-15)14(23)22-7-3-4-9(8-22)12-17-10-5-1-2-6-11(10)18-12/h1-2,5-6,9H,3-4,7-8H2,(H,17,18)(H3,16,19,20,21). The number of amides is 1. The van der Waals surface area contributed by atoms with Gasteiger partial charge < -0.3 is 15.6 Å². The molecule has 1 amide bonds. The first kappa shape index (κ1) is 13.7. The number of nitrogens with zero attached hydrogens (tertiary/aromatic N) is 4. The molecule has 4 N–H and O–H groups in total. The Hall–Kier alpha value is -2.90. The topological polar surface area (TPSA) is 117 Å². The van der Waals surface area contributed by atoms with E-state index in [0.29, 0.717) is 13.1 Å². The summed E-state index contributed by atoms with van der Waals surface area (Å²) < 4.78 is 0. The lowest BCUT2D eigenvalue weighted by Gasteiger charge is -2.31. The summed E-state index contributed by atoms with van der Waals surface area (Å²) in [6.07, 6.45) is 1.93. The zero-order valence-electron chi connectivity index (χ0n) is 12.5. The van der Waals surface area contributed by atoms with Crippen molar-refractivity contribution in [3.05, 3.63) is 35.9 Å². The Kier molecular flexibility index (Phi) is 3.22. The van der Waals surface area contributed by atoms with E-state index in [4.69, 9.17) is 5.73 Å². The highest BCUT2D eigenvalue weighted by atomic mass is 16.2. The van der Waals surface area contributed by atoms with E-state index in [9.17, 15) is 4.79 Å². The van der Waals surface area contributed by atoms with Crippen molar-refractivity contribution < 1.29 is 4.79 Å². The number of nitrogens with one attached hydrogen (secondary N) is 2. The summed E-state index contributed by atoms with van der Waals surface area (Å²) in [7, 11) is 0. The first-order valence-electron chi connectivity index (χ1n) is 7.62. The molecule has 118 valence electrons. The van der Waals surface area contributed by atoms with Crippen LogP contribution in [0.4, 0.5) is 5.95 Å². The van der Waals surface area contributed by atoms with Gasteiger partial charge in [-0.2, -0.15) is 4.98 Å². The van der Waals surface area contributed by atoms with Crippen LogP contribution < -0.4 is 5.73 Å². The molecule has 2 aromatic heterocycles. The van der Waals surface area contributed by atoms with Gasteiger partial charge in [0.25, 0.3) is 5.91 Å². The first-order valence-corrected chi connectivity index (χ1v) is 7.62. The Morgan fingerprint density at radius 2 is 2.17 bits per heavy atom. The molecule has 1 aliphatic rings. The van der Waals surface area contributed by atoms with Crippen molar-refractivity contribution in [2.45, 2.75) is 18.8 Å². The number of H-pyrrole nitrogens is 2. The van der Waals surface area contributed by atoms with E-state index in [1.54, 1.807) is 4.90 Å². The lowest BCUT2D eigenvalue weighted by atomic mass is 9.97. The molecule has 4 rings (SSSR count). The highest BCUT2D eigenvalue weighted by Gasteiger charge is 2.28. The first-order chi connectivity index (χ1) is 11.2. The molecule has 0 saturated carbocycles. The molecule has 1 fully saturated rings. The monoisotopic (exact) mass is 311 g/mol. The maximum Gasteiger partial charge on any atom is 0.291 e. The summed E-state index contributed by atoms with van der Waals surface area (Å²) >= 11 is 0. The molecule has 3 heterocycles. The Morgan fingerprint density at radius 1 is 1.30 bits per heavy atom. The normalized spacial score (nSPS) is 18.4. The fourth-order valence-electron chi connectivity index (χ4n) is 3.07. The van der Waals surface area contributed by atoms with Crippen molar-refractivity contribution in [3.63, 3.8) is 0 Å². The molecule has 0 bridgehead atoms. The third-order valence-electron chi connectivity index (χ3n) is 4.21. The van der Waals surface area contributed by atoms with Crippen LogP contribution in [0, 0.1) is 0 Å². The van der Waals surface area contributed by atoms with Crippen molar-refractivity contribution in [2.24, 2.45) is 0 Å². The van der Waals surface area contributed by atoms with Crippen LogP contribution in [0.3, 0.4) is 0 Å². The second kappa shape index (κ2) is 5.38. The molecule has 1 aliphatic heterocycles. The number of imidazole rings is 1. The lowest BCUT2D eigenvalue weighted by molar-refractivity contribution is 0.0693. The van der Waals surface area contributed by atoms with Crippen LogP contribution in [-0.2, 0) is 0 Å². The SMILES string of the molecule is Nc1n[nH]c(C(=O)N2CCCC(c3nc4ccccc4[nH]3)C2)n1. The van der Waals surface area contributed by atoms with E-state index in [1.165, 1.54) is 0 Å². The molecule has 0 spiro atoms. The molecular formula is C15H17N7O. The summed E-state index contributed by atoms with van der Waals surface area (Å²) in [6.45, 7) is 1.31. The van der Waals surface area contributed by atoms with Crippen molar-refractivity contribution in [1.29, 1.82) is 0 Å². The van der Waals surface area contributed by atoms with Gasteiger partial charge in [-0.1, -0.05) is 12.1 Å². The van der Waals surface area contributed by atoms with Crippen LogP contribution in [0.5, 0.6) is 0 Å². The van der Waals surface area contributed by atoms with Crippen molar-refractivity contribution in [1.82, 2.24) is 30.0 Å². The van der Waals surface area contributed by atoms with Gasteiger partial charge in [-0.15, -0.1) is 5.10 Å². The van der Waals surface area contributed by atoms with E-state index < -0.39 is 0 Å². The van der Waals surface area contributed by atoms with E-state index >= 15 is 0 Å². The Bertz CT molecular complexity index is 819. The maximum absolute atomic E-state index is 12.5. The van der Waals surface area contributed by atoms with Gasteiger partial charge in [-0.25, -0.2) is 4.98 Å². The predicted molar refractivity (Wildman–Crippen MR) is 84.8 cm³/mol. The molecule has 3 aromatic rings. The Balaban J connectivity index is 1.55. The highest BCUT2D eigenvalue weighted by Crippen LogP contribution is 2.27. The van der Waals surface area contributed by atoms with Gasteiger partial charge >= 0.3 is 0 Å². The summed E-state index contributed by atoms with van der Waals surface area (Å²) in [5.41, 5.74) is 7.44. The fourth-order valence-corrected chi connectivity index (χ4v) is 3.07. The molecule has 1 unspecified atom stereocenters. The number of aromatic nitrogens is 5. The van der Waals surface area contributed by atoms with Crippen LogP contribution in [-0.4, -0.2) is 49.0 Å². The summed E-state index contributed by atoms with van der Waals surface area (Å²) in [5, 5.41) is 6.29. The van der Waals surface area contributed by atoms with Gasteiger partial charge in [0.1, 0.15) is 5.82 Å². The van der Waals surface area contributed by atoms with Gasteiger partial charge in [-0.05, 0) is 25.0 Å². The van der Waals surface area contributed by atoms with Crippen LogP contribution in [0.1, 0.15) is 35.2 Å². The second-order valence-electron chi connectivity index (χ2n) is 5.77. The smallest absolute Gasteiger partial charge is 0.291 e. The maximum atomic E-state index is 12.5. The predicted octanol–water partition coefficient (Wildman–Crippen LogP) is 1.28. The number of para-hydroxylation sites is 2. The minimum atomic E-state index is -0.171. The number of hydrogen-bond acceptors (Lipinski definition) is 5. The zero-order valence-corrected chi connectivity index (χ0v) is 12.5. The molecule has 1 aromatic carbocycles. The van der Waals surface area contributed by atoms with Gasteiger partial charge in [0.05, 0.1) is 11.0 Å². The number of benzene rings is 1. The highest BCUT2D eigenvalue weighted by molar-refractivity contribution is 5.90. The quantitative estimate of drug-likeness (QED) is 0.659. The van der Waals surface area contributed by atoms with Crippen molar-refractivity contribution in [3.8, 4) is 0 Å². The fraction of sp³-hybridized carbons (Fsp3) is 0.333. The summed E-state index contributed by atoms with van der Waals surface area (Å²) in [6, 6.07) is 7.94. The van der Waals surface area contributed by atoms with Gasteiger partial charge in [0.2, 0.25) is 11.8 Å². The average molecular weight is 311 g/mol. The summed E-state index contributed by atoms with van der Waals surface area (Å²) in [4.78, 5) is 26.2. The molecular weight excluding hydrogens is 294 g/mol. The Labute approximate surface area is 132 Å². The number of likely N-dealkylation sites (tertiary alicyclic amines) is 1. The third kappa shape index (κ3) is 2.52. The number of anilines is 1. The third-order valence-corrected chi connectivity index (χ3v) is 4.21. The minimum Gasteiger partial charge on any atom is -0.366 e.